The van der Waals surface area contributed by atoms with E-state index in [0.29, 0.717) is 38.7 Å². The van der Waals surface area contributed by atoms with Crippen molar-refractivity contribution in [1.82, 2.24) is 14.8 Å². The summed E-state index contributed by atoms with van der Waals surface area (Å²) in [6.45, 7) is 1.78. The topological polar surface area (TPSA) is 86.1 Å². The zero-order valence-corrected chi connectivity index (χ0v) is 17.3. The van der Waals surface area contributed by atoms with Crippen LogP contribution in [0.3, 0.4) is 0 Å². The molecule has 0 aliphatic carbocycles. The number of ketones is 1. The highest BCUT2D eigenvalue weighted by atomic mass is 35.5. The first kappa shape index (κ1) is 20.8. The zero-order valence-electron chi connectivity index (χ0n) is 15.8. The molecule has 7 nitrogen and oxygen atoms in total. The van der Waals surface area contributed by atoms with Gasteiger partial charge in [0.05, 0.1) is 22.8 Å². The number of carbonyl (C=O) groups excluding carboxylic acids is 2. The third-order valence-electron chi connectivity index (χ3n) is 4.08. The Kier molecular flexibility index (Phi) is 6.51. The number of hydrogen-bond donors (Lipinski definition) is 1. The molecule has 0 aliphatic rings. The van der Waals surface area contributed by atoms with Crippen molar-refractivity contribution < 1.29 is 14.3 Å². The predicted molar refractivity (Wildman–Crippen MR) is 111 cm³/mol. The van der Waals surface area contributed by atoms with Crippen LogP contribution in [0.1, 0.15) is 28.9 Å². The average molecular weight is 433 g/mol. The van der Waals surface area contributed by atoms with Gasteiger partial charge in [-0.3, -0.25) is 9.59 Å². The molecule has 1 amide bonds. The van der Waals surface area contributed by atoms with Crippen LogP contribution in [0.2, 0.25) is 10.0 Å². The molecule has 150 valence electrons. The zero-order chi connectivity index (χ0) is 21.0. The van der Waals surface area contributed by atoms with Crippen molar-refractivity contribution in [3.05, 3.63) is 63.9 Å². The Labute approximate surface area is 177 Å². The number of anilines is 1. The molecule has 0 radical (unpaired) electrons. The fraction of sp³-hybridized carbons (Fsp3) is 0.200. The van der Waals surface area contributed by atoms with E-state index in [4.69, 9.17) is 27.9 Å². The van der Waals surface area contributed by atoms with Crippen LogP contribution in [-0.4, -0.2) is 33.6 Å². The fourth-order valence-electron chi connectivity index (χ4n) is 2.67. The van der Waals surface area contributed by atoms with E-state index in [1.165, 1.54) is 10.9 Å². The maximum atomic E-state index is 12.4. The molecule has 3 aromatic rings. The largest absolute Gasteiger partial charge is 0.497 e. The number of nitrogens with zero attached hydrogens (tertiary/aromatic N) is 3. The van der Waals surface area contributed by atoms with E-state index < -0.39 is 0 Å². The van der Waals surface area contributed by atoms with Crippen LogP contribution < -0.4 is 10.1 Å². The fourth-order valence-corrected chi connectivity index (χ4v) is 3.13. The Balaban J connectivity index is 1.67. The molecule has 2 aromatic heterocycles. The number of aromatic nitrogens is 3. The number of rotatable bonds is 7. The summed E-state index contributed by atoms with van der Waals surface area (Å²) in [5.41, 5.74) is 1.19. The van der Waals surface area contributed by atoms with Gasteiger partial charge in [0.2, 0.25) is 5.91 Å². The quantitative estimate of drug-likeness (QED) is 0.555. The number of amides is 1. The van der Waals surface area contributed by atoms with Gasteiger partial charge in [-0.05, 0) is 37.3 Å². The minimum atomic E-state index is -0.321. The van der Waals surface area contributed by atoms with Crippen molar-refractivity contribution in [2.75, 3.05) is 12.4 Å². The molecule has 0 atom stereocenters. The van der Waals surface area contributed by atoms with Crippen LogP contribution in [-0.2, 0) is 4.79 Å². The van der Waals surface area contributed by atoms with Gasteiger partial charge in [-0.25, -0.2) is 4.98 Å². The van der Waals surface area contributed by atoms with E-state index in [0.717, 1.165) is 0 Å². The number of pyridine rings is 1. The lowest BCUT2D eigenvalue weighted by Gasteiger charge is -2.09. The van der Waals surface area contributed by atoms with Crippen LogP contribution in [0.25, 0.3) is 5.82 Å². The van der Waals surface area contributed by atoms with Crippen LogP contribution in [0, 0.1) is 6.92 Å². The van der Waals surface area contributed by atoms with Gasteiger partial charge in [0.25, 0.3) is 0 Å². The molecule has 2 heterocycles. The second-order valence-corrected chi connectivity index (χ2v) is 7.09. The Hall–Kier alpha value is -2.90. The SMILES string of the molecule is COc1ccc(C(=O)CCC(=O)Nc2cc(C)nn2-c2ncc(Cl)cc2Cl)cc1. The molecule has 0 unspecified atom stereocenters. The van der Waals surface area contributed by atoms with Gasteiger partial charge in [0.15, 0.2) is 11.6 Å². The lowest BCUT2D eigenvalue weighted by atomic mass is 10.1. The van der Waals surface area contributed by atoms with Crippen molar-refractivity contribution in [2.24, 2.45) is 0 Å². The molecule has 29 heavy (non-hydrogen) atoms. The van der Waals surface area contributed by atoms with Crippen LogP contribution in [0.15, 0.2) is 42.6 Å². The average Bonchev–Trinajstić information content (AvgIpc) is 3.05. The van der Waals surface area contributed by atoms with E-state index in [9.17, 15) is 9.59 Å². The molecular formula is C20H18Cl2N4O3. The van der Waals surface area contributed by atoms with Crippen molar-refractivity contribution >= 4 is 40.7 Å². The maximum Gasteiger partial charge on any atom is 0.225 e. The number of ether oxygens (including phenoxy) is 1. The minimum absolute atomic E-state index is 0.0247. The summed E-state index contributed by atoms with van der Waals surface area (Å²) in [4.78, 5) is 28.9. The van der Waals surface area contributed by atoms with Crippen molar-refractivity contribution in [3.63, 3.8) is 0 Å². The highest BCUT2D eigenvalue weighted by molar-refractivity contribution is 6.35. The van der Waals surface area contributed by atoms with Gasteiger partial charge >= 0.3 is 0 Å². The maximum absolute atomic E-state index is 12.4. The molecule has 9 heteroatoms. The first-order valence-electron chi connectivity index (χ1n) is 8.72. The summed E-state index contributed by atoms with van der Waals surface area (Å²) in [7, 11) is 1.56. The number of carbonyl (C=O) groups is 2. The second-order valence-electron chi connectivity index (χ2n) is 6.24. The van der Waals surface area contributed by atoms with Gasteiger partial charge in [-0.2, -0.15) is 9.78 Å². The first-order valence-corrected chi connectivity index (χ1v) is 9.48. The lowest BCUT2D eigenvalue weighted by molar-refractivity contribution is -0.116. The summed E-state index contributed by atoms with van der Waals surface area (Å²) < 4.78 is 6.50. The van der Waals surface area contributed by atoms with E-state index >= 15 is 0 Å². The highest BCUT2D eigenvalue weighted by Crippen LogP contribution is 2.25. The van der Waals surface area contributed by atoms with Crippen LogP contribution in [0.4, 0.5) is 5.82 Å². The number of methoxy groups -OCH3 is 1. The lowest BCUT2D eigenvalue weighted by Crippen LogP contribution is -2.16. The minimum Gasteiger partial charge on any atom is -0.497 e. The standard InChI is InChI=1S/C20H18Cl2N4O3/c1-12-9-18(26(25-12)20-16(22)10-14(21)11-23-20)24-19(28)8-7-17(27)13-3-5-15(29-2)6-4-13/h3-6,9-11H,7-8H2,1-2H3,(H,24,28). The smallest absolute Gasteiger partial charge is 0.225 e. The normalized spacial score (nSPS) is 10.6. The molecule has 0 bridgehead atoms. The van der Waals surface area contributed by atoms with Crippen molar-refractivity contribution in [3.8, 4) is 11.6 Å². The van der Waals surface area contributed by atoms with E-state index in [1.54, 1.807) is 50.4 Å². The third-order valence-corrected chi connectivity index (χ3v) is 4.56. The molecule has 0 spiro atoms. The van der Waals surface area contributed by atoms with Gasteiger partial charge in [0.1, 0.15) is 11.6 Å². The summed E-state index contributed by atoms with van der Waals surface area (Å²) in [5, 5.41) is 7.76. The van der Waals surface area contributed by atoms with Crippen molar-refractivity contribution in [1.29, 1.82) is 0 Å². The summed E-state index contributed by atoms with van der Waals surface area (Å²) >= 11 is 12.1. The third kappa shape index (κ3) is 5.13. The molecule has 1 aromatic carbocycles. The number of halogens is 2. The van der Waals surface area contributed by atoms with Gasteiger partial charge in [0, 0.05) is 30.7 Å². The van der Waals surface area contributed by atoms with Crippen LogP contribution >= 0.6 is 23.2 Å². The summed E-state index contributed by atoms with van der Waals surface area (Å²) in [5.74, 6) is 0.959. The molecule has 3 rings (SSSR count). The molecular weight excluding hydrogens is 415 g/mol. The number of Topliss-reactive ketones (excluding diaryl/α,β-unsaturated/α-hetero) is 1. The number of aryl methyl sites for hydroxylation is 1. The second kappa shape index (κ2) is 9.07. The van der Waals surface area contributed by atoms with Crippen molar-refractivity contribution in [2.45, 2.75) is 19.8 Å². The number of benzene rings is 1. The van der Waals surface area contributed by atoms with E-state index in [1.807, 2.05) is 0 Å². The van der Waals surface area contributed by atoms with Gasteiger partial charge in [-0.15, -0.1) is 0 Å². The van der Waals surface area contributed by atoms with E-state index in [-0.39, 0.29) is 24.5 Å². The van der Waals surface area contributed by atoms with Gasteiger partial charge in [-0.1, -0.05) is 23.2 Å². The summed E-state index contributed by atoms with van der Waals surface area (Å²) in [6.07, 6.45) is 1.54. The number of nitrogens with one attached hydrogen (secondary N) is 1. The Bertz CT molecular complexity index is 1050. The van der Waals surface area contributed by atoms with E-state index in [2.05, 4.69) is 15.4 Å². The first-order chi connectivity index (χ1) is 13.9. The Morgan fingerprint density at radius 1 is 1.14 bits per heavy atom. The predicted octanol–water partition coefficient (Wildman–Crippen LogP) is 4.49. The monoisotopic (exact) mass is 432 g/mol. The number of hydrogen-bond acceptors (Lipinski definition) is 5. The molecule has 1 N–H and O–H groups in total. The Morgan fingerprint density at radius 2 is 1.86 bits per heavy atom. The summed E-state index contributed by atoms with van der Waals surface area (Å²) in [6, 6.07) is 9.99. The molecule has 0 saturated heterocycles. The van der Waals surface area contributed by atoms with Gasteiger partial charge < -0.3 is 10.1 Å². The highest BCUT2D eigenvalue weighted by Gasteiger charge is 2.16. The Morgan fingerprint density at radius 3 is 2.52 bits per heavy atom. The van der Waals surface area contributed by atoms with Crippen LogP contribution in [0.5, 0.6) is 5.75 Å². The molecule has 0 aliphatic heterocycles. The molecule has 0 fully saturated rings. The molecule has 0 saturated carbocycles.